The van der Waals surface area contributed by atoms with Crippen molar-refractivity contribution in [3.63, 3.8) is 0 Å². The van der Waals surface area contributed by atoms with E-state index in [4.69, 9.17) is 11.6 Å². The fourth-order valence-electron chi connectivity index (χ4n) is 2.15. The van der Waals surface area contributed by atoms with Gasteiger partial charge in [-0.3, -0.25) is 4.79 Å². The number of sulfonamides is 1. The number of hydrogen-bond acceptors (Lipinski definition) is 4. The highest BCUT2D eigenvalue weighted by atomic mass is 35.5. The first-order valence-corrected chi connectivity index (χ1v) is 10.1. The number of carbonyl (C=O) groups is 1. The quantitative estimate of drug-likeness (QED) is 0.718. The zero-order valence-electron chi connectivity index (χ0n) is 13.4. The average Bonchev–Trinajstić information content (AvgIpc) is 2.92. The van der Waals surface area contributed by atoms with Gasteiger partial charge >= 0.3 is 0 Å². The summed E-state index contributed by atoms with van der Waals surface area (Å²) >= 11 is 7.26. The van der Waals surface area contributed by atoms with Crippen LogP contribution < -0.4 is 10.0 Å². The fourth-order valence-corrected chi connectivity index (χ4v) is 4.51. The molecule has 130 valence electrons. The molecule has 0 aliphatic rings. The van der Waals surface area contributed by atoms with Gasteiger partial charge in [-0.1, -0.05) is 24.6 Å². The first kappa shape index (κ1) is 18.9. The number of aryl methyl sites for hydroxylation is 2. The predicted molar refractivity (Wildman–Crippen MR) is 97.4 cm³/mol. The van der Waals surface area contributed by atoms with Gasteiger partial charge in [-0.05, 0) is 43.2 Å². The molecule has 0 saturated heterocycles. The molecule has 0 atom stereocenters. The molecule has 0 radical (unpaired) electrons. The number of thiophene rings is 1. The van der Waals surface area contributed by atoms with Crippen LogP contribution in [0, 0.1) is 6.92 Å². The molecule has 5 nitrogen and oxygen atoms in total. The third kappa shape index (κ3) is 4.80. The molecule has 8 heteroatoms. The van der Waals surface area contributed by atoms with Crippen molar-refractivity contribution in [3.05, 3.63) is 50.7 Å². The SMILES string of the molecule is CCc1sc(C(=O)NCCNS(=O)(=O)c2cccc(Cl)c2)cc1C. The van der Waals surface area contributed by atoms with Crippen LogP contribution in [0.1, 0.15) is 27.0 Å². The van der Waals surface area contributed by atoms with Crippen LogP contribution in [0.25, 0.3) is 0 Å². The Hall–Kier alpha value is -1.41. The Morgan fingerprint density at radius 2 is 2.00 bits per heavy atom. The monoisotopic (exact) mass is 386 g/mol. The summed E-state index contributed by atoms with van der Waals surface area (Å²) in [5.41, 5.74) is 1.11. The Labute approximate surface area is 151 Å². The minimum atomic E-state index is -3.64. The first-order valence-electron chi connectivity index (χ1n) is 7.46. The molecule has 0 spiro atoms. The fraction of sp³-hybridized carbons (Fsp3) is 0.312. The highest BCUT2D eigenvalue weighted by molar-refractivity contribution is 7.89. The van der Waals surface area contributed by atoms with Crippen molar-refractivity contribution in [2.24, 2.45) is 0 Å². The van der Waals surface area contributed by atoms with Gasteiger partial charge in [0.25, 0.3) is 5.91 Å². The smallest absolute Gasteiger partial charge is 0.261 e. The predicted octanol–water partition coefficient (Wildman–Crippen LogP) is 2.98. The number of hydrogen-bond donors (Lipinski definition) is 2. The lowest BCUT2D eigenvalue weighted by Gasteiger charge is -2.08. The highest BCUT2D eigenvalue weighted by Gasteiger charge is 2.14. The van der Waals surface area contributed by atoms with E-state index in [9.17, 15) is 13.2 Å². The van der Waals surface area contributed by atoms with E-state index in [0.717, 1.165) is 12.0 Å². The molecule has 0 aliphatic heterocycles. The minimum Gasteiger partial charge on any atom is -0.350 e. The summed E-state index contributed by atoms with van der Waals surface area (Å²) in [4.78, 5) is 14.0. The van der Waals surface area contributed by atoms with Crippen LogP contribution in [-0.2, 0) is 16.4 Å². The molecular weight excluding hydrogens is 368 g/mol. The maximum absolute atomic E-state index is 12.1. The largest absolute Gasteiger partial charge is 0.350 e. The number of halogens is 1. The number of nitrogens with one attached hydrogen (secondary N) is 2. The number of carbonyl (C=O) groups excluding carboxylic acids is 1. The lowest BCUT2D eigenvalue weighted by molar-refractivity contribution is 0.0958. The van der Waals surface area contributed by atoms with E-state index in [-0.39, 0.29) is 23.9 Å². The standard InChI is InChI=1S/C16H19ClN2O3S2/c1-3-14-11(2)9-15(23-14)16(20)18-7-8-19-24(21,22)13-6-4-5-12(17)10-13/h4-6,9-10,19H,3,7-8H2,1-2H3,(H,18,20). The third-order valence-electron chi connectivity index (χ3n) is 3.37. The minimum absolute atomic E-state index is 0.0998. The van der Waals surface area contributed by atoms with Crippen molar-refractivity contribution in [1.29, 1.82) is 0 Å². The summed E-state index contributed by atoms with van der Waals surface area (Å²) in [5.74, 6) is -0.190. The van der Waals surface area contributed by atoms with Gasteiger partial charge in [0.1, 0.15) is 0 Å². The zero-order chi connectivity index (χ0) is 17.7. The van der Waals surface area contributed by atoms with Crippen LogP contribution in [0.3, 0.4) is 0 Å². The van der Waals surface area contributed by atoms with Gasteiger partial charge in [0, 0.05) is 23.0 Å². The van der Waals surface area contributed by atoms with Gasteiger partial charge < -0.3 is 5.32 Å². The van der Waals surface area contributed by atoms with Crippen molar-refractivity contribution < 1.29 is 13.2 Å². The summed E-state index contributed by atoms with van der Waals surface area (Å²) in [7, 11) is -3.64. The van der Waals surface area contributed by atoms with E-state index >= 15 is 0 Å². The van der Waals surface area contributed by atoms with Crippen LogP contribution in [0.15, 0.2) is 35.2 Å². The molecule has 1 aromatic heterocycles. The third-order valence-corrected chi connectivity index (χ3v) is 6.45. The van der Waals surface area contributed by atoms with Gasteiger partial charge in [-0.15, -0.1) is 11.3 Å². The topological polar surface area (TPSA) is 75.3 Å². The highest BCUT2D eigenvalue weighted by Crippen LogP contribution is 2.22. The van der Waals surface area contributed by atoms with Crippen LogP contribution in [-0.4, -0.2) is 27.4 Å². The molecule has 24 heavy (non-hydrogen) atoms. The second-order valence-electron chi connectivity index (χ2n) is 5.18. The summed E-state index contributed by atoms with van der Waals surface area (Å²) in [6.07, 6.45) is 0.892. The molecule has 0 bridgehead atoms. The maximum Gasteiger partial charge on any atom is 0.261 e. The average molecular weight is 387 g/mol. The van der Waals surface area contributed by atoms with Crippen LogP contribution >= 0.6 is 22.9 Å². The number of benzene rings is 1. The molecule has 1 aromatic carbocycles. The van der Waals surface area contributed by atoms with Gasteiger partial charge in [0.15, 0.2) is 0 Å². The van der Waals surface area contributed by atoms with Crippen molar-refractivity contribution >= 4 is 38.9 Å². The molecule has 0 saturated carbocycles. The number of amides is 1. The van der Waals surface area contributed by atoms with Crippen LogP contribution in [0.4, 0.5) is 0 Å². The summed E-state index contributed by atoms with van der Waals surface area (Å²) in [6.45, 7) is 4.33. The molecule has 1 heterocycles. The molecular formula is C16H19ClN2O3S2. The molecule has 0 aliphatic carbocycles. The van der Waals surface area contributed by atoms with Crippen LogP contribution in [0.5, 0.6) is 0 Å². The second-order valence-corrected chi connectivity index (χ2v) is 8.52. The molecule has 2 aromatic rings. The lowest BCUT2D eigenvalue weighted by atomic mass is 10.2. The van der Waals surface area contributed by atoms with Gasteiger partial charge in [0.2, 0.25) is 10.0 Å². The normalized spacial score (nSPS) is 11.5. The Kier molecular flexibility index (Phi) is 6.40. The summed E-state index contributed by atoms with van der Waals surface area (Å²) < 4.78 is 26.7. The van der Waals surface area contributed by atoms with E-state index in [1.54, 1.807) is 12.1 Å². The maximum atomic E-state index is 12.1. The summed E-state index contributed by atoms with van der Waals surface area (Å²) in [5, 5.41) is 3.07. The summed E-state index contributed by atoms with van der Waals surface area (Å²) in [6, 6.07) is 7.88. The second kappa shape index (κ2) is 8.11. The van der Waals surface area contributed by atoms with Crippen molar-refractivity contribution in [2.45, 2.75) is 25.2 Å². The van der Waals surface area contributed by atoms with E-state index in [2.05, 4.69) is 10.0 Å². The van der Waals surface area contributed by atoms with Crippen molar-refractivity contribution in [1.82, 2.24) is 10.0 Å². The van der Waals surface area contributed by atoms with E-state index < -0.39 is 10.0 Å². The van der Waals surface area contributed by atoms with E-state index in [1.165, 1.54) is 28.3 Å². The van der Waals surface area contributed by atoms with E-state index in [0.29, 0.717) is 9.90 Å². The van der Waals surface area contributed by atoms with E-state index in [1.807, 2.05) is 19.9 Å². The lowest BCUT2D eigenvalue weighted by Crippen LogP contribution is -2.34. The first-order chi connectivity index (χ1) is 11.3. The van der Waals surface area contributed by atoms with Gasteiger partial charge in [-0.2, -0.15) is 0 Å². The molecule has 1 amide bonds. The van der Waals surface area contributed by atoms with Crippen molar-refractivity contribution in [2.75, 3.05) is 13.1 Å². The Morgan fingerprint density at radius 3 is 2.62 bits per heavy atom. The zero-order valence-corrected chi connectivity index (χ0v) is 15.8. The molecule has 0 fully saturated rings. The molecule has 2 N–H and O–H groups in total. The van der Waals surface area contributed by atoms with Gasteiger partial charge in [0.05, 0.1) is 9.77 Å². The Balaban J connectivity index is 1.87. The Morgan fingerprint density at radius 1 is 1.25 bits per heavy atom. The molecule has 0 unspecified atom stereocenters. The van der Waals surface area contributed by atoms with Gasteiger partial charge in [-0.25, -0.2) is 13.1 Å². The molecule has 2 rings (SSSR count). The van der Waals surface area contributed by atoms with Crippen molar-refractivity contribution in [3.8, 4) is 0 Å². The van der Waals surface area contributed by atoms with Crippen LogP contribution in [0.2, 0.25) is 5.02 Å². The number of rotatable bonds is 7. The Bertz CT molecular complexity index is 832.